The SMILES string of the molecule is C=C(CC)NC(=O)c1ccc(S(F)(F)(F)(F)F)cc1NS(=O)(=O)c1ccc(S(C)(=O)=O)cc1. The van der Waals surface area contributed by atoms with Crippen LogP contribution in [-0.4, -0.2) is 29.0 Å². The Morgan fingerprint density at radius 3 is 1.91 bits per heavy atom. The lowest BCUT2D eigenvalue weighted by molar-refractivity contribution is 0.0965. The molecule has 0 aromatic heterocycles. The van der Waals surface area contributed by atoms with Crippen LogP contribution in [-0.2, 0) is 19.9 Å². The lowest BCUT2D eigenvalue weighted by Crippen LogP contribution is -2.24. The molecule has 0 bridgehead atoms. The number of carbonyl (C=O) groups is 1. The Balaban J connectivity index is 2.62. The van der Waals surface area contributed by atoms with Crippen LogP contribution in [0.4, 0.5) is 25.1 Å². The first kappa shape index (κ1) is 26.6. The second-order valence-corrected chi connectivity index (χ2v) is 13.0. The molecule has 2 aromatic rings. The van der Waals surface area contributed by atoms with Gasteiger partial charge in [0.05, 0.1) is 21.0 Å². The fourth-order valence-corrected chi connectivity index (χ4v) is 4.80. The summed E-state index contributed by atoms with van der Waals surface area (Å²) < 4.78 is 117. The number of halogens is 5. The molecule has 33 heavy (non-hydrogen) atoms. The molecule has 0 atom stereocenters. The highest BCUT2D eigenvalue weighted by Crippen LogP contribution is 3.02. The molecule has 0 saturated heterocycles. The van der Waals surface area contributed by atoms with Gasteiger partial charge in [0, 0.05) is 12.0 Å². The summed E-state index contributed by atoms with van der Waals surface area (Å²) >= 11 is 0. The molecule has 0 spiro atoms. The summed E-state index contributed by atoms with van der Waals surface area (Å²) in [4.78, 5) is 9.17. The second kappa shape index (κ2) is 7.70. The van der Waals surface area contributed by atoms with Crippen LogP contribution >= 0.6 is 10.2 Å². The van der Waals surface area contributed by atoms with E-state index in [4.69, 9.17) is 0 Å². The number of rotatable bonds is 8. The van der Waals surface area contributed by atoms with Gasteiger partial charge in [0.2, 0.25) is 0 Å². The van der Waals surface area contributed by atoms with Gasteiger partial charge in [0.25, 0.3) is 15.9 Å². The fourth-order valence-electron chi connectivity index (χ4n) is 2.43. The molecule has 0 aliphatic carbocycles. The van der Waals surface area contributed by atoms with Gasteiger partial charge >= 0.3 is 10.2 Å². The number of hydrogen-bond donors (Lipinski definition) is 2. The molecule has 2 aromatic carbocycles. The fraction of sp³-hybridized carbons (Fsp3) is 0.167. The second-order valence-electron chi connectivity index (χ2n) is 6.94. The van der Waals surface area contributed by atoms with Crippen LogP contribution in [0, 0.1) is 0 Å². The first-order chi connectivity index (χ1) is 14.6. The molecule has 1 amide bonds. The minimum absolute atomic E-state index is 0.0239. The Bertz CT molecular complexity index is 1340. The zero-order valence-corrected chi connectivity index (χ0v) is 19.6. The maximum atomic E-state index is 13.3. The third-order valence-electron chi connectivity index (χ3n) is 4.20. The van der Waals surface area contributed by atoms with Crippen LogP contribution in [0.1, 0.15) is 23.7 Å². The quantitative estimate of drug-likeness (QED) is 0.453. The van der Waals surface area contributed by atoms with Gasteiger partial charge in [0.1, 0.15) is 4.90 Å². The summed E-state index contributed by atoms with van der Waals surface area (Å²) in [7, 11) is -18.6. The molecule has 0 heterocycles. The third kappa shape index (κ3) is 6.68. The number of benzene rings is 2. The van der Waals surface area contributed by atoms with Crippen molar-refractivity contribution in [2.45, 2.75) is 28.0 Å². The van der Waals surface area contributed by atoms with Crippen molar-refractivity contribution in [1.29, 1.82) is 0 Å². The van der Waals surface area contributed by atoms with Crippen LogP contribution < -0.4 is 10.0 Å². The molecular weight excluding hydrogens is 515 g/mol. The molecule has 0 unspecified atom stereocenters. The summed E-state index contributed by atoms with van der Waals surface area (Å²) in [6, 6.07) is 3.80. The number of sulfonamides is 1. The lowest BCUT2D eigenvalue weighted by Gasteiger charge is -2.40. The van der Waals surface area contributed by atoms with Crippen molar-refractivity contribution in [3.8, 4) is 0 Å². The summed E-state index contributed by atoms with van der Waals surface area (Å²) in [5.74, 6) is -1.08. The zero-order valence-electron chi connectivity index (χ0n) is 17.1. The number of nitrogens with one attached hydrogen (secondary N) is 2. The van der Waals surface area contributed by atoms with Crippen LogP contribution in [0.25, 0.3) is 0 Å². The summed E-state index contributed by atoms with van der Waals surface area (Å²) in [5.41, 5.74) is -1.59. The molecule has 2 rings (SSSR count). The molecule has 7 nitrogen and oxygen atoms in total. The predicted octanol–water partition coefficient (Wildman–Crippen LogP) is 5.20. The number of hydrogen-bond acceptors (Lipinski definition) is 5. The topological polar surface area (TPSA) is 109 Å². The highest BCUT2D eigenvalue weighted by molar-refractivity contribution is 8.45. The molecular formula is C18H19F5N2O5S3. The van der Waals surface area contributed by atoms with E-state index in [1.165, 1.54) is 0 Å². The molecule has 2 N–H and O–H groups in total. The molecule has 0 saturated carbocycles. The van der Waals surface area contributed by atoms with E-state index < -0.39 is 57.0 Å². The third-order valence-corrected chi connectivity index (χ3v) is 7.86. The number of carbonyl (C=O) groups excluding carboxylic acids is 1. The summed E-state index contributed by atoms with van der Waals surface area (Å²) in [6.07, 6.45) is 1.11. The molecule has 184 valence electrons. The Morgan fingerprint density at radius 2 is 1.45 bits per heavy atom. The number of anilines is 1. The van der Waals surface area contributed by atoms with Gasteiger partial charge in [-0.3, -0.25) is 9.52 Å². The predicted molar refractivity (Wildman–Crippen MR) is 115 cm³/mol. The van der Waals surface area contributed by atoms with Gasteiger partial charge in [-0.05, 0) is 48.9 Å². The smallest absolute Gasteiger partial charge is 0.310 e. The monoisotopic (exact) mass is 534 g/mol. The highest BCUT2D eigenvalue weighted by Gasteiger charge is 2.65. The van der Waals surface area contributed by atoms with Crippen molar-refractivity contribution < 1.29 is 41.1 Å². The van der Waals surface area contributed by atoms with E-state index in [-0.39, 0.29) is 29.1 Å². The number of amides is 1. The number of allylic oxidation sites excluding steroid dienone is 1. The average Bonchev–Trinajstić information content (AvgIpc) is 2.65. The molecule has 0 fully saturated rings. The number of sulfone groups is 1. The van der Waals surface area contributed by atoms with E-state index >= 15 is 0 Å². The molecule has 15 heteroatoms. The summed E-state index contributed by atoms with van der Waals surface area (Å²) in [5, 5.41) is 2.22. The van der Waals surface area contributed by atoms with Crippen molar-refractivity contribution in [3.63, 3.8) is 0 Å². The minimum atomic E-state index is -10.2. The maximum absolute atomic E-state index is 13.3. The highest BCUT2D eigenvalue weighted by atomic mass is 32.5. The normalized spacial score (nSPS) is 14.6. The van der Waals surface area contributed by atoms with E-state index in [9.17, 15) is 41.1 Å². The van der Waals surface area contributed by atoms with Crippen LogP contribution in [0.2, 0.25) is 0 Å². The Hall–Kier alpha value is -2.65. The standard InChI is InChI=1S/C18H19F5N2O5S3/c1-4-12(2)24-18(26)16-10-9-15(33(19,20,21,22)23)11-17(16)25-32(29,30)14-7-5-13(6-8-14)31(3,27)28/h5-11,25H,2,4H2,1,3H3,(H,24,26). The van der Waals surface area contributed by atoms with Crippen molar-refractivity contribution in [3.05, 3.63) is 60.3 Å². The van der Waals surface area contributed by atoms with Crippen molar-refractivity contribution in [2.75, 3.05) is 11.0 Å². The van der Waals surface area contributed by atoms with Crippen molar-refractivity contribution in [2.24, 2.45) is 0 Å². The Kier molecular flexibility index (Phi) is 6.21. The van der Waals surface area contributed by atoms with E-state index in [2.05, 4.69) is 11.9 Å². The van der Waals surface area contributed by atoms with Gasteiger partial charge in [-0.15, -0.1) is 0 Å². The molecule has 0 radical (unpaired) electrons. The van der Waals surface area contributed by atoms with Crippen molar-refractivity contribution >= 4 is 41.7 Å². The van der Waals surface area contributed by atoms with Gasteiger partial charge in [-0.25, -0.2) is 16.8 Å². The first-order valence-corrected chi connectivity index (χ1v) is 14.2. The van der Waals surface area contributed by atoms with Crippen LogP contribution in [0.5, 0.6) is 0 Å². The zero-order chi connectivity index (χ0) is 25.5. The van der Waals surface area contributed by atoms with E-state index in [1.54, 1.807) is 11.6 Å². The van der Waals surface area contributed by atoms with E-state index in [0.29, 0.717) is 6.07 Å². The van der Waals surface area contributed by atoms with E-state index in [0.717, 1.165) is 30.5 Å². The van der Waals surface area contributed by atoms with Gasteiger partial charge < -0.3 is 5.32 Å². The lowest BCUT2D eigenvalue weighted by atomic mass is 10.1. The maximum Gasteiger partial charge on any atom is 0.310 e. The van der Waals surface area contributed by atoms with Gasteiger partial charge in [-0.1, -0.05) is 32.9 Å². The van der Waals surface area contributed by atoms with Gasteiger partial charge in [-0.2, -0.15) is 0 Å². The Labute approximate surface area is 187 Å². The van der Waals surface area contributed by atoms with Crippen molar-refractivity contribution in [1.82, 2.24) is 5.32 Å². The van der Waals surface area contributed by atoms with Gasteiger partial charge in [0.15, 0.2) is 9.84 Å². The van der Waals surface area contributed by atoms with Crippen LogP contribution in [0.3, 0.4) is 0 Å². The largest absolute Gasteiger partial charge is 0.326 e. The average molecular weight is 535 g/mol. The first-order valence-electron chi connectivity index (χ1n) is 8.84. The molecule has 0 aliphatic heterocycles. The Morgan fingerprint density at radius 1 is 0.939 bits per heavy atom. The van der Waals surface area contributed by atoms with Crippen LogP contribution in [0.15, 0.2) is 69.4 Å². The summed E-state index contributed by atoms with van der Waals surface area (Å²) in [6.45, 7) is 5.08. The van der Waals surface area contributed by atoms with E-state index in [1.807, 2.05) is 0 Å². The minimum Gasteiger partial charge on any atom is -0.326 e. The molecule has 0 aliphatic rings.